The first-order valence-corrected chi connectivity index (χ1v) is 10.0. The van der Waals surface area contributed by atoms with Crippen LogP contribution in [0.3, 0.4) is 0 Å². The predicted octanol–water partition coefficient (Wildman–Crippen LogP) is 2.76. The van der Waals surface area contributed by atoms with Crippen molar-refractivity contribution in [3.05, 3.63) is 28.8 Å². The largest absolute Gasteiger partial charge is 0.425 e. The molecule has 0 bridgehead atoms. The minimum atomic E-state index is -0.0621. The number of nitrogens with zero attached hydrogens (tertiary/aromatic N) is 4. The molecule has 0 N–H and O–H groups in total. The first-order valence-electron chi connectivity index (χ1n) is 10.0. The molecule has 2 fully saturated rings. The Balaban J connectivity index is 1.58. The van der Waals surface area contributed by atoms with E-state index in [1.54, 1.807) is 0 Å². The second-order valence-electron chi connectivity index (χ2n) is 8.41. The first kappa shape index (κ1) is 19.1. The predicted molar refractivity (Wildman–Crippen MR) is 99.9 cm³/mol. The van der Waals surface area contributed by atoms with Gasteiger partial charge in [0.05, 0.1) is 18.0 Å². The van der Waals surface area contributed by atoms with Crippen LogP contribution in [0.4, 0.5) is 0 Å². The van der Waals surface area contributed by atoms with Crippen LogP contribution in [-0.4, -0.2) is 52.5 Å². The van der Waals surface area contributed by atoms with Gasteiger partial charge < -0.3 is 18.6 Å². The van der Waals surface area contributed by atoms with Crippen LogP contribution in [0, 0.1) is 19.3 Å². The van der Waals surface area contributed by atoms with Crippen molar-refractivity contribution in [2.24, 2.45) is 5.41 Å². The number of ether oxygens (including phenoxy) is 1. The second kappa shape index (κ2) is 7.31. The Bertz CT molecular complexity index is 831. The first-order chi connectivity index (χ1) is 13.4. The molecule has 0 aliphatic carbocycles. The number of hydrogen-bond acceptors (Lipinski definition) is 7. The lowest BCUT2D eigenvalue weighted by Gasteiger charge is -2.36. The van der Waals surface area contributed by atoms with E-state index >= 15 is 0 Å². The fourth-order valence-electron chi connectivity index (χ4n) is 4.42. The van der Waals surface area contributed by atoms with Crippen LogP contribution in [0.25, 0.3) is 0 Å². The van der Waals surface area contributed by atoms with Crippen LogP contribution in [0.5, 0.6) is 0 Å². The number of carbonyl (C=O) groups is 1. The smallest absolute Gasteiger partial charge is 0.227 e. The quantitative estimate of drug-likeness (QED) is 0.795. The summed E-state index contributed by atoms with van der Waals surface area (Å²) in [6.07, 6.45) is 2.10. The summed E-state index contributed by atoms with van der Waals surface area (Å²) in [5, 5.41) is 12.5. The van der Waals surface area contributed by atoms with Gasteiger partial charge in [-0.15, -0.1) is 10.2 Å². The molecule has 4 rings (SSSR count). The molecule has 4 heterocycles. The number of amides is 1. The average Bonchev–Trinajstić information content (AvgIpc) is 3.37. The van der Waals surface area contributed by atoms with E-state index in [1.165, 1.54) is 0 Å². The van der Waals surface area contributed by atoms with Crippen LogP contribution in [-0.2, 0) is 16.0 Å². The average molecular weight is 388 g/mol. The Morgan fingerprint density at radius 3 is 2.61 bits per heavy atom. The lowest BCUT2D eigenvalue weighted by molar-refractivity contribution is -0.130. The van der Waals surface area contributed by atoms with Gasteiger partial charge in [0.2, 0.25) is 17.7 Å². The Morgan fingerprint density at radius 2 is 2.00 bits per heavy atom. The molecule has 2 aliphatic heterocycles. The third-order valence-electron chi connectivity index (χ3n) is 6.25. The van der Waals surface area contributed by atoms with E-state index in [4.69, 9.17) is 13.7 Å². The molecule has 8 heteroatoms. The minimum absolute atomic E-state index is 0.0463. The molecular weight excluding hydrogens is 360 g/mol. The Labute approximate surface area is 164 Å². The third kappa shape index (κ3) is 3.34. The molecular formula is C20H28N4O4. The molecule has 2 aliphatic rings. The summed E-state index contributed by atoms with van der Waals surface area (Å²) in [6.45, 7) is 10.5. The van der Waals surface area contributed by atoms with Gasteiger partial charge in [-0.25, -0.2) is 0 Å². The highest BCUT2D eigenvalue weighted by molar-refractivity contribution is 5.79. The molecule has 2 aromatic rings. The maximum absolute atomic E-state index is 13.1. The summed E-state index contributed by atoms with van der Waals surface area (Å²) >= 11 is 0. The highest BCUT2D eigenvalue weighted by Crippen LogP contribution is 2.49. The molecule has 0 aromatic carbocycles. The van der Waals surface area contributed by atoms with E-state index in [-0.39, 0.29) is 23.2 Å². The zero-order valence-corrected chi connectivity index (χ0v) is 17.0. The van der Waals surface area contributed by atoms with E-state index in [0.717, 1.165) is 24.1 Å². The van der Waals surface area contributed by atoms with Crippen molar-refractivity contribution >= 4 is 5.91 Å². The van der Waals surface area contributed by atoms with Gasteiger partial charge in [-0.3, -0.25) is 4.79 Å². The van der Waals surface area contributed by atoms with Gasteiger partial charge >= 0.3 is 0 Å². The van der Waals surface area contributed by atoms with Crippen molar-refractivity contribution in [2.45, 2.75) is 58.8 Å². The molecule has 1 unspecified atom stereocenters. The van der Waals surface area contributed by atoms with E-state index in [2.05, 4.69) is 15.4 Å². The second-order valence-corrected chi connectivity index (χ2v) is 8.41. The number of hydrogen-bond donors (Lipinski definition) is 0. The molecule has 28 heavy (non-hydrogen) atoms. The van der Waals surface area contributed by atoms with Crippen LogP contribution in [0.1, 0.15) is 67.3 Å². The van der Waals surface area contributed by atoms with Crippen molar-refractivity contribution in [1.29, 1.82) is 0 Å². The fraction of sp³-hybridized carbons (Fsp3) is 0.700. The number of aryl methyl sites for hydroxylation is 2. The standard InChI is InChI=1S/C20H28N4O4/c1-12(2)18-21-22-19(27-18)16-10-24(11-20(16)5-7-26-8-6-20)17(25)9-15-13(3)23-28-14(15)4/h12,16H,5-11H2,1-4H3. The molecule has 152 valence electrons. The fourth-order valence-corrected chi connectivity index (χ4v) is 4.42. The molecule has 2 aromatic heterocycles. The number of likely N-dealkylation sites (tertiary alicyclic amines) is 1. The van der Waals surface area contributed by atoms with Gasteiger partial charge in [0, 0.05) is 43.2 Å². The number of rotatable bonds is 4. The Kier molecular flexibility index (Phi) is 4.99. The Morgan fingerprint density at radius 1 is 1.25 bits per heavy atom. The van der Waals surface area contributed by atoms with Crippen LogP contribution in [0.2, 0.25) is 0 Å². The Hall–Kier alpha value is -2.22. The highest BCUT2D eigenvalue weighted by atomic mass is 16.5. The number of aromatic nitrogens is 3. The van der Waals surface area contributed by atoms with Crippen molar-refractivity contribution in [2.75, 3.05) is 26.3 Å². The van der Waals surface area contributed by atoms with Crippen molar-refractivity contribution in [1.82, 2.24) is 20.3 Å². The molecule has 2 saturated heterocycles. The molecule has 1 amide bonds. The van der Waals surface area contributed by atoms with Gasteiger partial charge in [-0.05, 0) is 26.7 Å². The van der Waals surface area contributed by atoms with Crippen molar-refractivity contribution in [3.8, 4) is 0 Å². The van der Waals surface area contributed by atoms with Crippen molar-refractivity contribution in [3.63, 3.8) is 0 Å². The van der Waals surface area contributed by atoms with E-state index in [9.17, 15) is 4.79 Å². The minimum Gasteiger partial charge on any atom is -0.425 e. The summed E-state index contributed by atoms with van der Waals surface area (Å²) in [4.78, 5) is 15.0. The number of carbonyl (C=O) groups excluding carboxylic acids is 1. The van der Waals surface area contributed by atoms with Gasteiger partial charge in [0.1, 0.15) is 5.76 Å². The summed E-state index contributed by atoms with van der Waals surface area (Å²) in [7, 11) is 0. The lowest BCUT2D eigenvalue weighted by Crippen LogP contribution is -2.37. The van der Waals surface area contributed by atoms with E-state index in [1.807, 2.05) is 32.6 Å². The van der Waals surface area contributed by atoms with E-state index in [0.29, 0.717) is 50.3 Å². The van der Waals surface area contributed by atoms with Gasteiger partial charge in [0.15, 0.2) is 0 Å². The zero-order valence-electron chi connectivity index (χ0n) is 17.0. The maximum atomic E-state index is 13.1. The highest BCUT2D eigenvalue weighted by Gasteiger charge is 2.51. The normalized spacial score (nSPS) is 21.8. The summed E-state index contributed by atoms with van der Waals surface area (Å²) < 4.78 is 16.8. The van der Waals surface area contributed by atoms with E-state index < -0.39 is 0 Å². The summed E-state index contributed by atoms with van der Waals surface area (Å²) in [6, 6.07) is 0. The molecule has 1 atom stereocenters. The zero-order chi connectivity index (χ0) is 19.9. The SMILES string of the molecule is Cc1noc(C)c1CC(=O)N1CC(c2nnc(C(C)C)o2)C2(CCOCC2)C1. The van der Waals surface area contributed by atoms with Gasteiger partial charge in [-0.2, -0.15) is 0 Å². The van der Waals surface area contributed by atoms with Crippen LogP contribution < -0.4 is 0 Å². The van der Waals surface area contributed by atoms with Crippen LogP contribution >= 0.6 is 0 Å². The molecule has 1 spiro atoms. The lowest BCUT2D eigenvalue weighted by atomic mass is 9.72. The maximum Gasteiger partial charge on any atom is 0.227 e. The topological polar surface area (TPSA) is 94.5 Å². The molecule has 0 radical (unpaired) electrons. The summed E-state index contributed by atoms with van der Waals surface area (Å²) in [5.74, 6) is 2.33. The van der Waals surface area contributed by atoms with Crippen LogP contribution in [0.15, 0.2) is 8.94 Å². The van der Waals surface area contributed by atoms with Gasteiger partial charge in [-0.1, -0.05) is 19.0 Å². The monoisotopic (exact) mass is 388 g/mol. The van der Waals surface area contributed by atoms with Crippen molar-refractivity contribution < 1.29 is 18.5 Å². The summed E-state index contributed by atoms with van der Waals surface area (Å²) in [5.41, 5.74) is 1.60. The third-order valence-corrected chi connectivity index (χ3v) is 6.25. The molecule has 8 nitrogen and oxygen atoms in total. The van der Waals surface area contributed by atoms with Gasteiger partial charge in [0.25, 0.3) is 0 Å². The molecule has 0 saturated carbocycles.